The summed E-state index contributed by atoms with van der Waals surface area (Å²) in [6.45, 7) is 14.6. The first kappa shape index (κ1) is 25.8. The van der Waals surface area contributed by atoms with E-state index in [0.717, 1.165) is 50.0 Å². The fourth-order valence-electron chi connectivity index (χ4n) is 3.94. The maximum absolute atomic E-state index is 12.0. The molecule has 1 aromatic rings. The molecule has 1 saturated heterocycles. The summed E-state index contributed by atoms with van der Waals surface area (Å²) in [5, 5.41) is 3.35. The minimum absolute atomic E-state index is 0.128. The molecule has 0 aromatic heterocycles. The third-order valence-corrected chi connectivity index (χ3v) is 5.95. The van der Waals surface area contributed by atoms with Gasteiger partial charge in [0.25, 0.3) is 0 Å². The number of hydrogen-bond acceptors (Lipinski definition) is 6. The van der Waals surface area contributed by atoms with Crippen LogP contribution < -0.4 is 14.8 Å². The van der Waals surface area contributed by atoms with Crippen molar-refractivity contribution in [1.82, 2.24) is 15.1 Å². The molecule has 8 heteroatoms. The van der Waals surface area contributed by atoms with Gasteiger partial charge in [-0.25, -0.2) is 4.99 Å². The third-order valence-electron chi connectivity index (χ3n) is 5.95. The Kier molecular flexibility index (Phi) is 10.6. The van der Waals surface area contributed by atoms with Crippen LogP contribution in [0.25, 0.3) is 0 Å². The smallest absolute Gasteiger partial charge is 0.310 e. The molecule has 0 aliphatic carbocycles. The second-order valence-corrected chi connectivity index (χ2v) is 8.04. The third kappa shape index (κ3) is 7.02. The SMILES string of the molecule is CCNC(=NCc1ccc(OCCN(CC)CC)c(OC)c1)N1CC(C)C(C(=O)OC)C1. The maximum atomic E-state index is 12.0. The summed E-state index contributed by atoms with van der Waals surface area (Å²) in [5.41, 5.74) is 1.03. The van der Waals surface area contributed by atoms with Crippen LogP contribution in [0.3, 0.4) is 0 Å². The van der Waals surface area contributed by atoms with E-state index in [4.69, 9.17) is 19.2 Å². The molecule has 0 radical (unpaired) electrons. The molecule has 0 amide bonds. The number of benzene rings is 1. The van der Waals surface area contributed by atoms with Gasteiger partial charge in [0.15, 0.2) is 17.5 Å². The van der Waals surface area contributed by atoms with Crippen LogP contribution >= 0.6 is 0 Å². The van der Waals surface area contributed by atoms with Crippen molar-refractivity contribution < 1.29 is 19.0 Å². The lowest BCUT2D eigenvalue weighted by molar-refractivity contribution is -0.145. The number of likely N-dealkylation sites (tertiary alicyclic amines) is 1. The van der Waals surface area contributed by atoms with Gasteiger partial charge in [-0.2, -0.15) is 0 Å². The quantitative estimate of drug-likeness (QED) is 0.317. The van der Waals surface area contributed by atoms with Crippen molar-refractivity contribution in [3.8, 4) is 11.5 Å². The number of ether oxygens (including phenoxy) is 3. The largest absolute Gasteiger partial charge is 0.493 e. The number of carbonyl (C=O) groups is 1. The van der Waals surface area contributed by atoms with Crippen LogP contribution in [0.4, 0.5) is 0 Å². The molecule has 2 atom stereocenters. The first-order valence-corrected chi connectivity index (χ1v) is 11.6. The molecule has 0 saturated carbocycles. The van der Waals surface area contributed by atoms with E-state index in [-0.39, 0.29) is 17.8 Å². The van der Waals surface area contributed by atoms with Gasteiger partial charge in [0.05, 0.1) is 26.7 Å². The molecular formula is C24H40N4O4. The van der Waals surface area contributed by atoms with Crippen molar-refractivity contribution in [3.63, 3.8) is 0 Å². The molecule has 32 heavy (non-hydrogen) atoms. The first-order chi connectivity index (χ1) is 15.5. The lowest BCUT2D eigenvalue weighted by atomic mass is 9.99. The summed E-state index contributed by atoms with van der Waals surface area (Å²) in [5.74, 6) is 2.20. The van der Waals surface area contributed by atoms with Crippen molar-refractivity contribution in [3.05, 3.63) is 23.8 Å². The van der Waals surface area contributed by atoms with Crippen LogP contribution in [0, 0.1) is 11.8 Å². The van der Waals surface area contributed by atoms with Crippen LogP contribution in [0.2, 0.25) is 0 Å². The van der Waals surface area contributed by atoms with Crippen molar-refractivity contribution in [2.45, 2.75) is 34.2 Å². The van der Waals surface area contributed by atoms with E-state index in [0.29, 0.717) is 25.4 Å². The fraction of sp³-hybridized carbons (Fsp3) is 0.667. The predicted molar refractivity (Wildman–Crippen MR) is 127 cm³/mol. The molecule has 1 heterocycles. The van der Waals surface area contributed by atoms with E-state index in [9.17, 15) is 4.79 Å². The summed E-state index contributed by atoms with van der Waals surface area (Å²) in [6.07, 6.45) is 0. The lowest BCUT2D eigenvalue weighted by Gasteiger charge is -2.21. The van der Waals surface area contributed by atoms with Gasteiger partial charge in [0.2, 0.25) is 0 Å². The number of nitrogens with one attached hydrogen (secondary N) is 1. The minimum atomic E-state index is -0.155. The van der Waals surface area contributed by atoms with Gasteiger partial charge in [0.1, 0.15) is 6.61 Å². The zero-order valence-electron chi connectivity index (χ0n) is 20.5. The Bertz CT molecular complexity index is 752. The maximum Gasteiger partial charge on any atom is 0.310 e. The lowest BCUT2D eigenvalue weighted by Crippen LogP contribution is -2.40. The van der Waals surface area contributed by atoms with Gasteiger partial charge in [-0.1, -0.05) is 26.8 Å². The fourth-order valence-corrected chi connectivity index (χ4v) is 3.94. The van der Waals surface area contributed by atoms with E-state index >= 15 is 0 Å². The number of esters is 1. The molecular weight excluding hydrogens is 408 g/mol. The highest BCUT2D eigenvalue weighted by Gasteiger charge is 2.36. The van der Waals surface area contributed by atoms with Gasteiger partial charge in [-0.05, 0) is 43.6 Å². The molecule has 0 spiro atoms. The summed E-state index contributed by atoms with van der Waals surface area (Å²) < 4.78 is 16.5. The van der Waals surface area contributed by atoms with Crippen molar-refractivity contribution in [2.24, 2.45) is 16.8 Å². The van der Waals surface area contributed by atoms with Crippen LogP contribution in [0.5, 0.6) is 11.5 Å². The first-order valence-electron chi connectivity index (χ1n) is 11.6. The second kappa shape index (κ2) is 13.2. The predicted octanol–water partition coefficient (Wildman–Crippen LogP) is 2.62. The molecule has 2 unspecified atom stereocenters. The Labute approximate surface area is 192 Å². The van der Waals surface area contributed by atoms with E-state index in [2.05, 4.69) is 35.9 Å². The average molecular weight is 449 g/mol. The van der Waals surface area contributed by atoms with Gasteiger partial charge < -0.3 is 29.3 Å². The molecule has 180 valence electrons. The Morgan fingerprint density at radius 2 is 1.94 bits per heavy atom. The Morgan fingerprint density at radius 3 is 2.56 bits per heavy atom. The molecule has 1 N–H and O–H groups in total. The summed E-state index contributed by atoms with van der Waals surface area (Å²) in [6, 6.07) is 5.94. The number of hydrogen-bond donors (Lipinski definition) is 1. The number of aliphatic imine (C=N–C) groups is 1. The number of guanidine groups is 1. The molecule has 1 aliphatic heterocycles. The normalized spacial score (nSPS) is 18.7. The monoisotopic (exact) mass is 448 g/mol. The number of likely N-dealkylation sites (N-methyl/N-ethyl adjacent to an activating group) is 1. The second-order valence-electron chi connectivity index (χ2n) is 8.04. The number of carbonyl (C=O) groups excluding carboxylic acids is 1. The van der Waals surface area contributed by atoms with Crippen LogP contribution in [0.15, 0.2) is 23.2 Å². The average Bonchev–Trinajstić information content (AvgIpc) is 3.20. The molecule has 0 bridgehead atoms. The minimum Gasteiger partial charge on any atom is -0.493 e. The summed E-state index contributed by atoms with van der Waals surface area (Å²) >= 11 is 0. The van der Waals surface area contributed by atoms with Gasteiger partial charge >= 0.3 is 5.97 Å². The zero-order valence-corrected chi connectivity index (χ0v) is 20.5. The zero-order chi connectivity index (χ0) is 23.5. The highest BCUT2D eigenvalue weighted by atomic mass is 16.5. The number of methoxy groups -OCH3 is 2. The number of rotatable bonds is 11. The van der Waals surface area contributed by atoms with E-state index in [1.165, 1.54) is 7.11 Å². The van der Waals surface area contributed by atoms with Gasteiger partial charge in [-0.3, -0.25) is 4.79 Å². The molecule has 1 fully saturated rings. The topological polar surface area (TPSA) is 75.6 Å². The van der Waals surface area contributed by atoms with Crippen molar-refractivity contribution in [1.29, 1.82) is 0 Å². The number of nitrogens with zero attached hydrogens (tertiary/aromatic N) is 3. The Balaban J connectivity index is 2.05. The molecule has 1 aromatic carbocycles. The van der Waals surface area contributed by atoms with Crippen molar-refractivity contribution >= 4 is 11.9 Å². The summed E-state index contributed by atoms with van der Waals surface area (Å²) in [7, 11) is 3.10. The van der Waals surface area contributed by atoms with E-state index < -0.39 is 0 Å². The molecule has 1 aliphatic rings. The van der Waals surface area contributed by atoms with E-state index in [1.54, 1.807) is 7.11 Å². The van der Waals surface area contributed by atoms with Crippen LogP contribution in [-0.4, -0.2) is 81.8 Å². The molecule has 2 rings (SSSR count). The molecule has 8 nitrogen and oxygen atoms in total. The standard InChI is InChI=1S/C24H40N4O4/c1-7-25-24(28-16-18(4)20(17-28)23(29)31-6)26-15-19-10-11-21(22(14-19)30-5)32-13-12-27(8-2)9-3/h10-11,14,18,20H,7-9,12-13,15-17H2,1-6H3,(H,25,26). The van der Waals surface area contributed by atoms with Crippen molar-refractivity contribution in [2.75, 3.05) is 60.1 Å². The Morgan fingerprint density at radius 1 is 1.19 bits per heavy atom. The van der Waals surface area contributed by atoms with Gasteiger partial charge in [-0.15, -0.1) is 0 Å². The van der Waals surface area contributed by atoms with Crippen LogP contribution in [0.1, 0.15) is 33.3 Å². The summed E-state index contributed by atoms with van der Waals surface area (Å²) in [4.78, 5) is 21.3. The highest BCUT2D eigenvalue weighted by Crippen LogP contribution is 2.29. The highest BCUT2D eigenvalue weighted by molar-refractivity contribution is 5.82. The van der Waals surface area contributed by atoms with E-state index in [1.807, 2.05) is 25.1 Å². The Hall–Kier alpha value is -2.48. The van der Waals surface area contributed by atoms with Crippen LogP contribution in [-0.2, 0) is 16.1 Å². The van der Waals surface area contributed by atoms with Gasteiger partial charge in [0, 0.05) is 26.2 Å².